The summed E-state index contributed by atoms with van der Waals surface area (Å²) in [7, 11) is 1.65. The van der Waals surface area contributed by atoms with Gasteiger partial charge in [0.25, 0.3) is 0 Å². The summed E-state index contributed by atoms with van der Waals surface area (Å²) < 4.78 is 0.781. The number of piperidine rings is 1. The molecule has 27 heavy (non-hydrogen) atoms. The molecule has 1 fully saturated rings. The average molecular weight is 408 g/mol. The van der Waals surface area contributed by atoms with Gasteiger partial charge in [-0.15, -0.1) is 0 Å². The number of amides is 2. The first-order valence-corrected chi connectivity index (χ1v) is 10.7. The van der Waals surface area contributed by atoms with E-state index in [0.29, 0.717) is 5.92 Å². The van der Waals surface area contributed by atoms with Gasteiger partial charge >= 0.3 is 0 Å². The number of nitrogens with one attached hydrogen (secondary N) is 1. The zero-order valence-corrected chi connectivity index (χ0v) is 18.2. The van der Waals surface area contributed by atoms with Gasteiger partial charge in [0.15, 0.2) is 0 Å². The summed E-state index contributed by atoms with van der Waals surface area (Å²) in [5.74, 6) is 0.613. The van der Waals surface area contributed by atoms with Crippen molar-refractivity contribution in [2.75, 3.05) is 37.8 Å². The van der Waals surface area contributed by atoms with Gasteiger partial charge in [0.2, 0.25) is 11.8 Å². The Bertz CT molecular complexity index is 708. The molecule has 0 spiro atoms. The van der Waals surface area contributed by atoms with E-state index in [1.165, 1.54) is 23.1 Å². The number of carbonyl (C=O) groups excluding carboxylic acids is 2. The fraction of sp³-hybridized carbons (Fsp3) is 0.550. The first kappa shape index (κ1) is 21.7. The number of nitrogens with zero attached hydrogens (tertiary/aromatic N) is 2. The molecule has 0 aliphatic carbocycles. The molecule has 5 nitrogen and oxygen atoms in total. The molecule has 1 heterocycles. The summed E-state index contributed by atoms with van der Waals surface area (Å²) in [5, 5.41) is 2.88. The van der Waals surface area contributed by atoms with Gasteiger partial charge in [0, 0.05) is 25.8 Å². The van der Waals surface area contributed by atoms with Gasteiger partial charge in [-0.25, -0.2) is 0 Å². The minimum absolute atomic E-state index is 0.0281. The van der Waals surface area contributed by atoms with Crippen LogP contribution in [0.25, 0.3) is 0 Å². The lowest BCUT2D eigenvalue weighted by Crippen LogP contribution is -2.39. The summed E-state index contributed by atoms with van der Waals surface area (Å²) in [6.45, 7) is 8.12. The number of thiocarbonyl (C=S) groups is 1. The van der Waals surface area contributed by atoms with Crippen molar-refractivity contribution < 1.29 is 9.59 Å². The lowest BCUT2D eigenvalue weighted by Gasteiger charge is -2.32. The van der Waals surface area contributed by atoms with Crippen LogP contribution in [0.15, 0.2) is 18.2 Å². The van der Waals surface area contributed by atoms with Crippen LogP contribution >= 0.6 is 24.0 Å². The van der Waals surface area contributed by atoms with Crippen LogP contribution in [0, 0.1) is 19.8 Å². The van der Waals surface area contributed by atoms with Crippen LogP contribution in [0.2, 0.25) is 0 Å². The second kappa shape index (κ2) is 10.1. The van der Waals surface area contributed by atoms with Gasteiger partial charge in [-0.05, 0) is 49.8 Å². The van der Waals surface area contributed by atoms with E-state index in [4.69, 9.17) is 12.2 Å². The minimum Gasteiger partial charge on any atom is -0.357 e. The zero-order valence-electron chi connectivity index (χ0n) is 16.6. The number of thioether (sulfide) groups is 1. The summed E-state index contributed by atoms with van der Waals surface area (Å²) in [4.78, 5) is 28.3. The van der Waals surface area contributed by atoms with Gasteiger partial charge in [0.05, 0.1) is 12.3 Å². The van der Waals surface area contributed by atoms with E-state index in [-0.39, 0.29) is 24.1 Å². The topological polar surface area (TPSA) is 52.7 Å². The predicted octanol–water partition coefficient (Wildman–Crippen LogP) is 3.45. The van der Waals surface area contributed by atoms with Crippen LogP contribution in [0.4, 0.5) is 5.69 Å². The first-order valence-electron chi connectivity index (χ1n) is 9.29. The Morgan fingerprint density at radius 3 is 2.81 bits per heavy atom. The molecule has 2 amide bonds. The number of aryl methyl sites for hydroxylation is 2. The highest BCUT2D eigenvalue weighted by molar-refractivity contribution is 8.23. The van der Waals surface area contributed by atoms with Gasteiger partial charge in [-0.2, -0.15) is 0 Å². The Labute approximate surface area is 171 Å². The van der Waals surface area contributed by atoms with Crippen LogP contribution in [-0.2, 0) is 9.59 Å². The fourth-order valence-corrected chi connectivity index (χ4v) is 4.20. The van der Waals surface area contributed by atoms with Crippen LogP contribution in [0.1, 0.15) is 30.9 Å². The van der Waals surface area contributed by atoms with Gasteiger partial charge in [-0.3, -0.25) is 9.59 Å². The highest BCUT2D eigenvalue weighted by atomic mass is 32.2. The minimum atomic E-state index is -0.197. The van der Waals surface area contributed by atoms with Gasteiger partial charge < -0.3 is 15.1 Å². The SMILES string of the molecule is Cc1ccc(C)c(NC(=O)CN(C)C(=O)CSC(=S)N2CCC[C@@H](C)C2)c1. The quantitative estimate of drug-likeness (QED) is 0.758. The van der Waals surface area contributed by atoms with Crippen LogP contribution in [0.3, 0.4) is 0 Å². The molecule has 0 saturated carbocycles. The number of hydrogen-bond donors (Lipinski definition) is 1. The van der Waals surface area contributed by atoms with Crippen LogP contribution < -0.4 is 5.32 Å². The van der Waals surface area contributed by atoms with E-state index in [2.05, 4.69) is 17.1 Å². The maximum atomic E-state index is 12.4. The Balaban J connectivity index is 1.78. The third kappa shape index (κ3) is 6.81. The second-order valence-electron chi connectivity index (χ2n) is 7.36. The Morgan fingerprint density at radius 2 is 2.11 bits per heavy atom. The molecule has 0 radical (unpaired) electrons. The number of carbonyl (C=O) groups is 2. The molecule has 0 unspecified atom stereocenters. The lowest BCUT2D eigenvalue weighted by molar-refractivity contribution is -0.131. The van der Waals surface area contributed by atoms with Crippen molar-refractivity contribution in [2.24, 2.45) is 5.92 Å². The Kier molecular flexibility index (Phi) is 8.10. The fourth-order valence-electron chi connectivity index (χ4n) is 3.04. The standard InChI is InChI=1S/C20H29N3O2S2/c1-14-7-8-16(3)17(10-14)21-18(24)12-22(4)19(25)13-27-20(26)23-9-5-6-15(2)11-23/h7-8,10,15H,5-6,9,11-13H2,1-4H3,(H,21,24)/t15-/m1/s1. The summed E-state index contributed by atoms with van der Waals surface area (Å²) >= 11 is 6.86. The number of hydrogen-bond acceptors (Lipinski definition) is 4. The van der Waals surface area contributed by atoms with Crippen molar-refractivity contribution in [3.63, 3.8) is 0 Å². The second-order valence-corrected chi connectivity index (χ2v) is 8.97. The zero-order chi connectivity index (χ0) is 20.0. The molecule has 1 aromatic carbocycles. The molecule has 0 bridgehead atoms. The molecule has 7 heteroatoms. The number of benzene rings is 1. The van der Waals surface area contributed by atoms with Crippen molar-refractivity contribution in [2.45, 2.75) is 33.6 Å². The summed E-state index contributed by atoms with van der Waals surface area (Å²) in [6, 6.07) is 5.91. The van der Waals surface area contributed by atoms with Gasteiger partial charge in [-0.1, -0.05) is 43.0 Å². The molecular formula is C20H29N3O2S2. The van der Waals surface area contributed by atoms with E-state index in [9.17, 15) is 9.59 Å². The smallest absolute Gasteiger partial charge is 0.243 e. The molecule has 1 atom stereocenters. The molecule has 1 N–H and O–H groups in total. The third-order valence-electron chi connectivity index (χ3n) is 4.71. The average Bonchev–Trinajstić information content (AvgIpc) is 2.62. The maximum Gasteiger partial charge on any atom is 0.243 e. The number of rotatable bonds is 5. The molecule has 1 saturated heterocycles. The Morgan fingerprint density at radius 1 is 1.37 bits per heavy atom. The number of likely N-dealkylation sites (tertiary alicyclic amines) is 1. The van der Waals surface area contributed by atoms with E-state index >= 15 is 0 Å². The van der Waals surface area contributed by atoms with Crippen LogP contribution in [0.5, 0.6) is 0 Å². The highest BCUT2D eigenvalue weighted by Gasteiger charge is 2.20. The third-order valence-corrected chi connectivity index (χ3v) is 6.22. The van der Waals surface area contributed by atoms with Crippen LogP contribution in [-0.4, -0.2) is 58.4 Å². The number of anilines is 1. The molecule has 1 aliphatic rings. The lowest BCUT2D eigenvalue weighted by atomic mass is 10.0. The number of likely N-dealkylation sites (N-methyl/N-ethyl adjacent to an activating group) is 1. The van der Waals surface area contributed by atoms with Crippen molar-refractivity contribution in [1.82, 2.24) is 9.80 Å². The molecule has 2 rings (SSSR count). The van der Waals surface area contributed by atoms with Crippen molar-refractivity contribution in [1.29, 1.82) is 0 Å². The largest absolute Gasteiger partial charge is 0.357 e. The van der Waals surface area contributed by atoms with E-state index < -0.39 is 0 Å². The molecule has 1 aliphatic heterocycles. The van der Waals surface area contributed by atoms with Crippen molar-refractivity contribution >= 4 is 45.8 Å². The van der Waals surface area contributed by atoms with E-state index in [0.717, 1.165) is 40.6 Å². The molecule has 148 valence electrons. The van der Waals surface area contributed by atoms with E-state index in [1.54, 1.807) is 7.05 Å². The Hall–Kier alpha value is -1.60. The predicted molar refractivity (Wildman–Crippen MR) is 117 cm³/mol. The maximum absolute atomic E-state index is 12.4. The van der Waals surface area contributed by atoms with Gasteiger partial charge in [0.1, 0.15) is 4.32 Å². The summed E-state index contributed by atoms with van der Waals surface area (Å²) in [6.07, 6.45) is 2.38. The molecule has 0 aromatic heterocycles. The first-order chi connectivity index (χ1) is 12.8. The highest BCUT2D eigenvalue weighted by Crippen LogP contribution is 2.20. The van der Waals surface area contributed by atoms with Crippen molar-refractivity contribution in [3.8, 4) is 0 Å². The van der Waals surface area contributed by atoms with E-state index in [1.807, 2.05) is 32.0 Å². The summed E-state index contributed by atoms with van der Waals surface area (Å²) in [5.41, 5.74) is 2.87. The monoisotopic (exact) mass is 407 g/mol. The molecular weight excluding hydrogens is 378 g/mol. The molecule has 1 aromatic rings. The van der Waals surface area contributed by atoms with Crippen molar-refractivity contribution in [3.05, 3.63) is 29.3 Å². The normalized spacial score (nSPS) is 16.7.